The van der Waals surface area contributed by atoms with Crippen molar-refractivity contribution in [2.24, 2.45) is 0 Å². The van der Waals surface area contributed by atoms with Crippen LogP contribution in [-0.2, 0) is 11.2 Å². The largest absolute Gasteiger partial charge is 0.399 e. The Morgan fingerprint density at radius 2 is 1.84 bits per heavy atom. The standard InChI is InChI=1S/C16H18N2O/c1-12-6-8-15(9-7-12)18(2)16(19)11-13-4-3-5-14(17)10-13/h3-10H,11,17H2,1-2H3. The number of hydrogen-bond donors (Lipinski definition) is 1. The van der Waals surface area contributed by atoms with E-state index in [9.17, 15) is 4.79 Å². The van der Waals surface area contributed by atoms with Crippen LogP contribution in [0.4, 0.5) is 11.4 Å². The van der Waals surface area contributed by atoms with E-state index < -0.39 is 0 Å². The van der Waals surface area contributed by atoms with Gasteiger partial charge < -0.3 is 10.6 Å². The third kappa shape index (κ3) is 3.35. The van der Waals surface area contributed by atoms with Crippen LogP contribution in [0.15, 0.2) is 48.5 Å². The number of benzene rings is 2. The van der Waals surface area contributed by atoms with Gasteiger partial charge in [0.2, 0.25) is 5.91 Å². The minimum Gasteiger partial charge on any atom is -0.399 e. The lowest BCUT2D eigenvalue weighted by Gasteiger charge is -2.17. The lowest BCUT2D eigenvalue weighted by Crippen LogP contribution is -2.27. The van der Waals surface area contributed by atoms with Gasteiger partial charge in [-0.2, -0.15) is 0 Å². The van der Waals surface area contributed by atoms with Crippen LogP contribution in [0.25, 0.3) is 0 Å². The smallest absolute Gasteiger partial charge is 0.231 e. The number of nitrogens with two attached hydrogens (primary N) is 1. The second kappa shape index (κ2) is 5.57. The number of rotatable bonds is 3. The molecule has 0 aliphatic carbocycles. The lowest BCUT2D eigenvalue weighted by molar-refractivity contribution is -0.117. The summed E-state index contributed by atoms with van der Waals surface area (Å²) in [4.78, 5) is 13.9. The Balaban J connectivity index is 2.09. The molecule has 0 saturated carbocycles. The van der Waals surface area contributed by atoms with E-state index in [4.69, 9.17) is 5.73 Å². The Morgan fingerprint density at radius 1 is 1.16 bits per heavy atom. The second-order valence-corrected chi connectivity index (χ2v) is 4.71. The van der Waals surface area contributed by atoms with Crippen molar-refractivity contribution in [1.29, 1.82) is 0 Å². The van der Waals surface area contributed by atoms with Crippen molar-refractivity contribution >= 4 is 17.3 Å². The number of carbonyl (C=O) groups excluding carboxylic acids is 1. The maximum atomic E-state index is 12.2. The highest BCUT2D eigenvalue weighted by Gasteiger charge is 2.11. The number of likely N-dealkylation sites (N-methyl/N-ethyl adjacent to an activating group) is 1. The van der Waals surface area contributed by atoms with Crippen LogP contribution in [0.3, 0.4) is 0 Å². The topological polar surface area (TPSA) is 46.3 Å². The third-order valence-corrected chi connectivity index (χ3v) is 3.10. The molecule has 0 bridgehead atoms. The van der Waals surface area contributed by atoms with Gasteiger partial charge in [-0.1, -0.05) is 29.8 Å². The first-order valence-corrected chi connectivity index (χ1v) is 6.24. The van der Waals surface area contributed by atoms with Gasteiger partial charge in [-0.25, -0.2) is 0 Å². The van der Waals surface area contributed by atoms with Crippen LogP contribution in [0, 0.1) is 6.92 Å². The zero-order chi connectivity index (χ0) is 13.8. The summed E-state index contributed by atoms with van der Waals surface area (Å²) in [6.45, 7) is 2.03. The van der Waals surface area contributed by atoms with E-state index in [-0.39, 0.29) is 5.91 Å². The maximum Gasteiger partial charge on any atom is 0.231 e. The molecule has 0 radical (unpaired) electrons. The van der Waals surface area contributed by atoms with E-state index in [0.29, 0.717) is 12.1 Å². The molecule has 98 valence electrons. The molecule has 3 nitrogen and oxygen atoms in total. The summed E-state index contributed by atoms with van der Waals surface area (Å²) < 4.78 is 0. The number of nitrogen functional groups attached to an aromatic ring is 1. The number of anilines is 2. The van der Waals surface area contributed by atoms with Crippen molar-refractivity contribution in [3.8, 4) is 0 Å². The summed E-state index contributed by atoms with van der Waals surface area (Å²) in [7, 11) is 1.79. The molecule has 0 unspecified atom stereocenters. The Bertz CT molecular complexity index is 576. The van der Waals surface area contributed by atoms with E-state index in [0.717, 1.165) is 11.3 Å². The van der Waals surface area contributed by atoms with Crippen molar-refractivity contribution in [3.05, 3.63) is 59.7 Å². The first kappa shape index (κ1) is 13.1. The minimum atomic E-state index is 0.0504. The minimum absolute atomic E-state index is 0.0504. The zero-order valence-corrected chi connectivity index (χ0v) is 11.3. The molecule has 0 atom stereocenters. The highest BCUT2D eigenvalue weighted by molar-refractivity contribution is 5.94. The second-order valence-electron chi connectivity index (χ2n) is 4.71. The normalized spacial score (nSPS) is 10.2. The molecule has 0 aliphatic heterocycles. The Hall–Kier alpha value is -2.29. The molecule has 19 heavy (non-hydrogen) atoms. The third-order valence-electron chi connectivity index (χ3n) is 3.10. The predicted molar refractivity (Wildman–Crippen MR) is 79.1 cm³/mol. The fourth-order valence-corrected chi connectivity index (χ4v) is 1.91. The van der Waals surface area contributed by atoms with Crippen molar-refractivity contribution in [1.82, 2.24) is 0 Å². The van der Waals surface area contributed by atoms with Gasteiger partial charge in [-0.15, -0.1) is 0 Å². The number of hydrogen-bond acceptors (Lipinski definition) is 2. The lowest BCUT2D eigenvalue weighted by atomic mass is 10.1. The van der Waals surface area contributed by atoms with Gasteiger partial charge in [0, 0.05) is 18.4 Å². The van der Waals surface area contributed by atoms with Crippen LogP contribution in [0.5, 0.6) is 0 Å². The van der Waals surface area contributed by atoms with Crippen LogP contribution in [-0.4, -0.2) is 13.0 Å². The summed E-state index contributed by atoms with van der Waals surface area (Å²) in [6.07, 6.45) is 0.357. The molecule has 2 N–H and O–H groups in total. The van der Waals surface area contributed by atoms with E-state index in [1.165, 1.54) is 5.56 Å². The summed E-state index contributed by atoms with van der Waals surface area (Å²) in [6, 6.07) is 15.3. The van der Waals surface area contributed by atoms with Crippen molar-refractivity contribution in [2.75, 3.05) is 17.7 Å². The van der Waals surface area contributed by atoms with Gasteiger partial charge in [0.25, 0.3) is 0 Å². The molecule has 2 aromatic rings. The molecule has 3 heteroatoms. The molecular weight excluding hydrogens is 236 g/mol. The first-order valence-electron chi connectivity index (χ1n) is 6.24. The number of amides is 1. The van der Waals surface area contributed by atoms with Crippen molar-refractivity contribution in [2.45, 2.75) is 13.3 Å². The van der Waals surface area contributed by atoms with E-state index in [1.54, 1.807) is 11.9 Å². The number of carbonyl (C=O) groups is 1. The van der Waals surface area contributed by atoms with Gasteiger partial charge in [0.15, 0.2) is 0 Å². The maximum absolute atomic E-state index is 12.2. The molecule has 0 fully saturated rings. The van der Waals surface area contributed by atoms with E-state index in [1.807, 2.05) is 55.5 Å². The van der Waals surface area contributed by atoms with Gasteiger partial charge >= 0.3 is 0 Å². The molecule has 1 amide bonds. The van der Waals surface area contributed by atoms with Gasteiger partial charge in [0.05, 0.1) is 6.42 Å². The Labute approximate surface area is 113 Å². The molecule has 0 heterocycles. The van der Waals surface area contributed by atoms with Gasteiger partial charge in [0.1, 0.15) is 0 Å². The van der Waals surface area contributed by atoms with Crippen LogP contribution in [0.1, 0.15) is 11.1 Å². The molecule has 2 rings (SSSR count). The molecular formula is C16H18N2O. The van der Waals surface area contributed by atoms with Crippen molar-refractivity contribution in [3.63, 3.8) is 0 Å². The average molecular weight is 254 g/mol. The molecule has 2 aromatic carbocycles. The van der Waals surface area contributed by atoms with Gasteiger partial charge in [-0.3, -0.25) is 4.79 Å². The van der Waals surface area contributed by atoms with Crippen LogP contribution >= 0.6 is 0 Å². The van der Waals surface area contributed by atoms with Gasteiger partial charge in [-0.05, 0) is 36.8 Å². The summed E-state index contributed by atoms with van der Waals surface area (Å²) in [5, 5.41) is 0. The molecule has 0 aliphatic rings. The quantitative estimate of drug-likeness (QED) is 0.856. The van der Waals surface area contributed by atoms with Crippen molar-refractivity contribution < 1.29 is 4.79 Å². The monoisotopic (exact) mass is 254 g/mol. The first-order chi connectivity index (χ1) is 9.06. The Kier molecular flexibility index (Phi) is 3.85. The van der Waals surface area contributed by atoms with E-state index >= 15 is 0 Å². The summed E-state index contributed by atoms with van der Waals surface area (Å²) in [5.41, 5.74) is 9.41. The molecule has 0 spiro atoms. The number of nitrogens with zero attached hydrogens (tertiary/aromatic N) is 1. The molecule has 0 aromatic heterocycles. The van der Waals surface area contributed by atoms with Crippen LogP contribution < -0.4 is 10.6 Å². The SMILES string of the molecule is Cc1ccc(N(C)C(=O)Cc2cccc(N)c2)cc1. The highest BCUT2D eigenvalue weighted by Crippen LogP contribution is 2.15. The van der Waals surface area contributed by atoms with Crippen LogP contribution in [0.2, 0.25) is 0 Å². The average Bonchev–Trinajstić information content (AvgIpc) is 2.39. The summed E-state index contributed by atoms with van der Waals surface area (Å²) in [5.74, 6) is 0.0504. The predicted octanol–water partition coefficient (Wildman–Crippen LogP) is 2.78. The number of aryl methyl sites for hydroxylation is 1. The zero-order valence-electron chi connectivity index (χ0n) is 11.3. The Morgan fingerprint density at radius 3 is 2.47 bits per heavy atom. The summed E-state index contributed by atoms with van der Waals surface area (Å²) >= 11 is 0. The van der Waals surface area contributed by atoms with E-state index in [2.05, 4.69) is 0 Å². The fourth-order valence-electron chi connectivity index (χ4n) is 1.91. The fraction of sp³-hybridized carbons (Fsp3) is 0.188. The molecule has 0 saturated heterocycles. The highest BCUT2D eigenvalue weighted by atomic mass is 16.2.